The van der Waals surface area contributed by atoms with E-state index in [9.17, 15) is 19.8 Å². The van der Waals surface area contributed by atoms with Gasteiger partial charge in [0.25, 0.3) is 0 Å². The molecule has 5 N–H and O–H groups in total. The molecule has 0 radical (unpaired) electrons. The SMILES string of the molecule is CC(C)(C)[C@H](NC(=O)C(N)Cc1ccc(O)cc1)C(=O)O. The van der Waals surface area contributed by atoms with Gasteiger partial charge < -0.3 is 21.3 Å². The number of carbonyl (C=O) groups excluding carboxylic acids is 1. The molecule has 1 aromatic rings. The quantitative estimate of drug-likeness (QED) is 0.644. The zero-order valence-corrected chi connectivity index (χ0v) is 12.5. The third-order valence-corrected chi connectivity index (χ3v) is 3.13. The first-order valence-corrected chi connectivity index (χ1v) is 6.68. The van der Waals surface area contributed by atoms with Crippen LogP contribution in [0.5, 0.6) is 5.75 Å². The molecule has 116 valence electrons. The largest absolute Gasteiger partial charge is 0.508 e. The van der Waals surface area contributed by atoms with Crippen molar-refractivity contribution >= 4 is 11.9 Å². The van der Waals surface area contributed by atoms with Crippen LogP contribution in [-0.2, 0) is 16.0 Å². The molecule has 1 amide bonds. The number of rotatable bonds is 5. The fraction of sp³-hybridized carbons (Fsp3) is 0.467. The van der Waals surface area contributed by atoms with Crippen molar-refractivity contribution < 1.29 is 19.8 Å². The first-order chi connectivity index (χ1) is 9.61. The van der Waals surface area contributed by atoms with Gasteiger partial charge in [0.1, 0.15) is 11.8 Å². The number of nitrogens with two attached hydrogens (primary N) is 1. The van der Waals surface area contributed by atoms with Crippen molar-refractivity contribution in [3.63, 3.8) is 0 Å². The maximum absolute atomic E-state index is 12.0. The molecule has 6 heteroatoms. The van der Waals surface area contributed by atoms with Gasteiger partial charge in [0.2, 0.25) is 5.91 Å². The van der Waals surface area contributed by atoms with Crippen LogP contribution in [0.1, 0.15) is 26.3 Å². The summed E-state index contributed by atoms with van der Waals surface area (Å²) in [4.78, 5) is 23.2. The normalized spacial score (nSPS) is 14.3. The summed E-state index contributed by atoms with van der Waals surface area (Å²) in [6.07, 6.45) is 0.266. The van der Waals surface area contributed by atoms with Gasteiger partial charge in [0.15, 0.2) is 0 Å². The lowest BCUT2D eigenvalue weighted by Crippen LogP contribution is -2.54. The fourth-order valence-corrected chi connectivity index (χ4v) is 1.88. The second kappa shape index (κ2) is 6.58. The summed E-state index contributed by atoms with van der Waals surface area (Å²) < 4.78 is 0. The lowest BCUT2D eigenvalue weighted by molar-refractivity contribution is -0.145. The van der Waals surface area contributed by atoms with Crippen molar-refractivity contribution in [2.75, 3.05) is 0 Å². The van der Waals surface area contributed by atoms with Crippen molar-refractivity contribution in [3.8, 4) is 5.75 Å². The summed E-state index contributed by atoms with van der Waals surface area (Å²) in [6.45, 7) is 5.20. The highest BCUT2D eigenvalue weighted by Crippen LogP contribution is 2.19. The van der Waals surface area contributed by atoms with Crippen LogP contribution in [0.4, 0.5) is 0 Å². The highest BCUT2D eigenvalue weighted by atomic mass is 16.4. The fourth-order valence-electron chi connectivity index (χ4n) is 1.88. The molecule has 0 saturated carbocycles. The number of hydrogen-bond donors (Lipinski definition) is 4. The van der Waals surface area contributed by atoms with Crippen molar-refractivity contribution in [1.82, 2.24) is 5.32 Å². The van der Waals surface area contributed by atoms with E-state index in [1.807, 2.05) is 0 Å². The summed E-state index contributed by atoms with van der Waals surface area (Å²) in [5.74, 6) is -1.46. The Morgan fingerprint density at radius 2 is 1.76 bits per heavy atom. The van der Waals surface area contributed by atoms with Crippen molar-refractivity contribution in [2.45, 2.75) is 39.3 Å². The number of phenolic OH excluding ortho intramolecular Hbond substituents is 1. The number of nitrogens with one attached hydrogen (secondary N) is 1. The lowest BCUT2D eigenvalue weighted by atomic mass is 9.86. The summed E-state index contributed by atoms with van der Waals surface area (Å²) in [7, 11) is 0. The van der Waals surface area contributed by atoms with Gasteiger partial charge in [0, 0.05) is 0 Å². The molecule has 0 bridgehead atoms. The van der Waals surface area contributed by atoms with Crippen LogP contribution < -0.4 is 11.1 Å². The van der Waals surface area contributed by atoms with Gasteiger partial charge in [-0.2, -0.15) is 0 Å². The van der Waals surface area contributed by atoms with E-state index in [-0.39, 0.29) is 12.2 Å². The molecule has 0 aliphatic rings. The first-order valence-electron chi connectivity index (χ1n) is 6.68. The average molecular weight is 294 g/mol. The molecular weight excluding hydrogens is 272 g/mol. The molecule has 0 aliphatic carbocycles. The van der Waals surface area contributed by atoms with Crippen LogP contribution in [0.2, 0.25) is 0 Å². The van der Waals surface area contributed by atoms with Crippen LogP contribution in [-0.4, -0.2) is 34.2 Å². The van der Waals surface area contributed by atoms with E-state index in [1.54, 1.807) is 32.9 Å². The van der Waals surface area contributed by atoms with Crippen molar-refractivity contribution in [1.29, 1.82) is 0 Å². The van der Waals surface area contributed by atoms with E-state index in [0.29, 0.717) is 0 Å². The molecule has 0 fully saturated rings. The summed E-state index contributed by atoms with van der Waals surface area (Å²) >= 11 is 0. The van der Waals surface area contributed by atoms with Crippen molar-refractivity contribution in [3.05, 3.63) is 29.8 Å². The number of aliphatic carboxylic acids is 1. The van der Waals surface area contributed by atoms with E-state index in [4.69, 9.17) is 5.73 Å². The monoisotopic (exact) mass is 294 g/mol. The van der Waals surface area contributed by atoms with Crippen LogP contribution in [0, 0.1) is 5.41 Å². The molecule has 1 aromatic carbocycles. The number of aromatic hydroxyl groups is 1. The molecule has 0 heterocycles. The van der Waals surface area contributed by atoms with Gasteiger partial charge in [-0.15, -0.1) is 0 Å². The Kier molecular flexibility index (Phi) is 5.32. The number of amides is 1. The summed E-state index contributed by atoms with van der Waals surface area (Å²) in [6, 6.07) is 4.50. The predicted octanol–water partition coefficient (Wildman–Crippen LogP) is 0.877. The standard InChI is InChI=1S/C15H22N2O4/c1-15(2,3)12(14(20)21)17-13(19)11(16)8-9-4-6-10(18)7-5-9/h4-7,11-12,18H,8,16H2,1-3H3,(H,17,19)(H,20,21)/t11?,12-/m1/s1. The van der Waals surface area contributed by atoms with Gasteiger partial charge in [-0.25, -0.2) is 4.79 Å². The second-order valence-electron chi connectivity index (χ2n) is 6.12. The van der Waals surface area contributed by atoms with Crippen LogP contribution in [0.3, 0.4) is 0 Å². The Balaban J connectivity index is 2.69. The average Bonchev–Trinajstić information content (AvgIpc) is 2.36. The Hall–Kier alpha value is -2.08. The zero-order chi connectivity index (χ0) is 16.2. The Labute approximate surface area is 124 Å². The molecule has 21 heavy (non-hydrogen) atoms. The minimum atomic E-state index is -1.09. The third-order valence-electron chi connectivity index (χ3n) is 3.13. The molecule has 0 saturated heterocycles. The van der Waals surface area contributed by atoms with Crippen LogP contribution in [0.25, 0.3) is 0 Å². The summed E-state index contributed by atoms with van der Waals surface area (Å²) in [5, 5.41) is 20.8. The third kappa shape index (κ3) is 5.07. The number of phenols is 1. The molecular formula is C15H22N2O4. The van der Waals surface area contributed by atoms with E-state index in [2.05, 4.69) is 5.32 Å². The summed E-state index contributed by atoms with van der Waals surface area (Å²) in [5.41, 5.74) is 5.99. The molecule has 0 spiro atoms. The maximum Gasteiger partial charge on any atom is 0.326 e. The Bertz CT molecular complexity index is 505. The Morgan fingerprint density at radius 1 is 1.24 bits per heavy atom. The first kappa shape index (κ1) is 17.0. The molecule has 1 rings (SSSR count). The van der Waals surface area contributed by atoms with Gasteiger partial charge in [-0.3, -0.25) is 4.79 Å². The zero-order valence-electron chi connectivity index (χ0n) is 12.5. The molecule has 2 atom stereocenters. The lowest BCUT2D eigenvalue weighted by Gasteiger charge is -2.28. The highest BCUT2D eigenvalue weighted by Gasteiger charge is 2.33. The molecule has 6 nitrogen and oxygen atoms in total. The maximum atomic E-state index is 12.0. The van der Waals surface area contributed by atoms with Gasteiger partial charge in [0.05, 0.1) is 6.04 Å². The van der Waals surface area contributed by atoms with Crippen molar-refractivity contribution in [2.24, 2.45) is 11.1 Å². The van der Waals surface area contributed by atoms with Gasteiger partial charge in [-0.05, 0) is 29.5 Å². The minimum Gasteiger partial charge on any atom is -0.508 e. The number of benzene rings is 1. The highest BCUT2D eigenvalue weighted by molar-refractivity contribution is 5.87. The number of hydrogen-bond acceptors (Lipinski definition) is 4. The Morgan fingerprint density at radius 3 is 2.19 bits per heavy atom. The minimum absolute atomic E-state index is 0.135. The predicted molar refractivity (Wildman–Crippen MR) is 78.8 cm³/mol. The van der Waals surface area contributed by atoms with Crippen LogP contribution in [0.15, 0.2) is 24.3 Å². The molecule has 0 aliphatic heterocycles. The second-order valence-corrected chi connectivity index (χ2v) is 6.12. The number of carbonyl (C=O) groups is 2. The van der Waals surface area contributed by atoms with E-state index in [0.717, 1.165) is 5.56 Å². The molecule has 1 unspecified atom stereocenters. The smallest absolute Gasteiger partial charge is 0.326 e. The number of carboxylic acids is 1. The van der Waals surface area contributed by atoms with E-state index < -0.39 is 29.4 Å². The van der Waals surface area contributed by atoms with E-state index >= 15 is 0 Å². The van der Waals surface area contributed by atoms with E-state index in [1.165, 1.54) is 12.1 Å². The topological polar surface area (TPSA) is 113 Å². The van der Waals surface area contributed by atoms with Gasteiger partial charge in [-0.1, -0.05) is 32.9 Å². The number of carboxylic acid groups (broad SMARTS) is 1. The van der Waals surface area contributed by atoms with Crippen LogP contribution >= 0.6 is 0 Å². The molecule has 0 aromatic heterocycles. The van der Waals surface area contributed by atoms with Gasteiger partial charge >= 0.3 is 5.97 Å².